The van der Waals surface area contributed by atoms with E-state index in [0.717, 1.165) is 49.6 Å². The van der Waals surface area contributed by atoms with Crippen molar-refractivity contribution in [1.29, 1.82) is 0 Å². The minimum absolute atomic E-state index is 0.690. The fraction of sp³-hybridized carbons (Fsp3) is 0.571. The molecule has 2 aliphatic rings. The van der Waals surface area contributed by atoms with Gasteiger partial charge in [-0.2, -0.15) is 0 Å². The van der Waals surface area contributed by atoms with E-state index < -0.39 is 0 Å². The van der Waals surface area contributed by atoms with E-state index in [1.807, 2.05) is 18.2 Å². The Balaban J connectivity index is 1.61. The summed E-state index contributed by atoms with van der Waals surface area (Å²) in [6.07, 6.45) is 0.690. The predicted molar refractivity (Wildman–Crippen MR) is 80.9 cm³/mol. The number of hydrogen-bond acceptors (Lipinski definition) is 2. The second kappa shape index (κ2) is 5.65. The van der Waals surface area contributed by atoms with Crippen LogP contribution in [0.4, 0.5) is 0 Å². The van der Waals surface area contributed by atoms with Crippen LogP contribution in [0.3, 0.4) is 0 Å². The quantitative estimate of drug-likeness (QED) is 0.791. The molecule has 0 amide bonds. The SMILES string of the molecule is [B]CN1CC2CN(Cc3ccc(Cl)cc3Cl)CC2C1. The van der Waals surface area contributed by atoms with Gasteiger partial charge >= 0.3 is 0 Å². The molecule has 19 heavy (non-hydrogen) atoms. The Kier molecular flexibility index (Phi) is 4.09. The van der Waals surface area contributed by atoms with Gasteiger partial charge in [0.15, 0.2) is 0 Å². The molecule has 100 valence electrons. The summed E-state index contributed by atoms with van der Waals surface area (Å²) in [6, 6.07) is 5.77. The Morgan fingerprint density at radius 3 is 2.26 bits per heavy atom. The van der Waals surface area contributed by atoms with Gasteiger partial charge in [0.05, 0.1) is 7.85 Å². The fourth-order valence-electron chi connectivity index (χ4n) is 3.36. The third-order valence-electron chi connectivity index (χ3n) is 4.30. The topological polar surface area (TPSA) is 6.48 Å². The Morgan fingerprint density at radius 1 is 1.05 bits per heavy atom. The van der Waals surface area contributed by atoms with E-state index in [1.165, 1.54) is 5.56 Å². The fourth-order valence-corrected chi connectivity index (χ4v) is 3.82. The van der Waals surface area contributed by atoms with Crippen LogP contribution in [0.1, 0.15) is 5.56 Å². The van der Waals surface area contributed by atoms with Crippen LogP contribution < -0.4 is 0 Å². The van der Waals surface area contributed by atoms with E-state index in [-0.39, 0.29) is 0 Å². The van der Waals surface area contributed by atoms with E-state index in [4.69, 9.17) is 31.0 Å². The van der Waals surface area contributed by atoms with Crippen LogP contribution in [0.5, 0.6) is 0 Å². The number of likely N-dealkylation sites (tertiary alicyclic amines) is 2. The smallest absolute Gasteiger partial charge is 0.0863 e. The summed E-state index contributed by atoms with van der Waals surface area (Å²) < 4.78 is 0. The molecule has 2 nitrogen and oxygen atoms in total. The molecule has 2 unspecified atom stereocenters. The lowest BCUT2D eigenvalue weighted by Gasteiger charge is -2.21. The number of rotatable bonds is 3. The van der Waals surface area contributed by atoms with Crippen LogP contribution in [0.25, 0.3) is 0 Å². The van der Waals surface area contributed by atoms with Crippen LogP contribution >= 0.6 is 23.2 Å². The molecule has 1 aromatic carbocycles. The lowest BCUT2D eigenvalue weighted by atomic mass is 10.0. The van der Waals surface area contributed by atoms with Crippen molar-refractivity contribution in [2.24, 2.45) is 11.8 Å². The number of hydrogen-bond donors (Lipinski definition) is 0. The third kappa shape index (κ3) is 2.95. The lowest BCUT2D eigenvalue weighted by Crippen LogP contribution is -2.29. The maximum Gasteiger partial charge on any atom is 0.0863 e. The summed E-state index contributed by atoms with van der Waals surface area (Å²) in [7, 11) is 5.71. The molecular formula is C14H17BCl2N2. The molecule has 0 spiro atoms. The zero-order valence-corrected chi connectivity index (χ0v) is 12.4. The number of halogens is 2. The van der Waals surface area contributed by atoms with Crippen molar-refractivity contribution in [3.05, 3.63) is 33.8 Å². The first-order valence-electron chi connectivity index (χ1n) is 6.74. The van der Waals surface area contributed by atoms with Crippen LogP contribution in [0, 0.1) is 11.8 Å². The van der Waals surface area contributed by atoms with E-state index in [0.29, 0.717) is 11.5 Å². The summed E-state index contributed by atoms with van der Waals surface area (Å²) in [5.74, 6) is 1.55. The van der Waals surface area contributed by atoms with E-state index in [9.17, 15) is 0 Å². The molecule has 0 bridgehead atoms. The molecule has 5 heteroatoms. The van der Waals surface area contributed by atoms with Crippen LogP contribution in [-0.2, 0) is 6.54 Å². The van der Waals surface area contributed by atoms with Gasteiger partial charge in [-0.3, -0.25) is 4.90 Å². The normalized spacial score (nSPS) is 27.9. The lowest BCUT2D eigenvalue weighted by molar-refractivity contribution is 0.267. The highest BCUT2D eigenvalue weighted by Gasteiger charge is 2.39. The zero-order valence-electron chi connectivity index (χ0n) is 10.9. The number of benzene rings is 1. The number of fused-ring (bicyclic) bond motifs is 1. The largest absolute Gasteiger partial charge is 0.311 e. The summed E-state index contributed by atoms with van der Waals surface area (Å²) >= 11 is 12.2. The summed E-state index contributed by atoms with van der Waals surface area (Å²) in [4.78, 5) is 4.85. The molecule has 1 aromatic rings. The van der Waals surface area contributed by atoms with Gasteiger partial charge in [0, 0.05) is 42.8 Å². The third-order valence-corrected chi connectivity index (χ3v) is 4.89. The monoisotopic (exact) mass is 294 g/mol. The van der Waals surface area contributed by atoms with E-state index in [2.05, 4.69) is 9.80 Å². The van der Waals surface area contributed by atoms with E-state index in [1.54, 1.807) is 0 Å². The first-order chi connectivity index (χ1) is 9.15. The van der Waals surface area contributed by atoms with Gasteiger partial charge in [-0.05, 0) is 36.0 Å². The molecule has 2 fully saturated rings. The molecule has 2 radical (unpaired) electrons. The van der Waals surface area contributed by atoms with Crippen LogP contribution in [-0.4, -0.2) is 50.3 Å². The van der Waals surface area contributed by atoms with Gasteiger partial charge in [-0.15, -0.1) is 0 Å². The molecule has 2 aliphatic heterocycles. The molecule has 0 aliphatic carbocycles. The van der Waals surface area contributed by atoms with Crippen molar-refractivity contribution in [1.82, 2.24) is 9.80 Å². The predicted octanol–water partition coefficient (Wildman–Crippen LogP) is 2.48. The minimum atomic E-state index is 0.690. The second-order valence-electron chi connectivity index (χ2n) is 5.67. The molecule has 0 saturated carbocycles. The van der Waals surface area contributed by atoms with Gasteiger partial charge < -0.3 is 4.90 Å². The van der Waals surface area contributed by atoms with Crippen LogP contribution in [0.2, 0.25) is 10.0 Å². The average Bonchev–Trinajstić information content (AvgIpc) is 2.90. The van der Waals surface area contributed by atoms with Crippen molar-refractivity contribution < 1.29 is 0 Å². The highest BCUT2D eigenvalue weighted by atomic mass is 35.5. The summed E-state index contributed by atoms with van der Waals surface area (Å²) in [5.41, 5.74) is 1.17. The highest BCUT2D eigenvalue weighted by Crippen LogP contribution is 2.32. The zero-order chi connectivity index (χ0) is 13.4. The molecule has 2 saturated heterocycles. The van der Waals surface area contributed by atoms with Gasteiger partial charge in [0.2, 0.25) is 0 Å². The molecule has 2 atom stereocenters. The maximum absolute atomic E-state index is 6.24. The van der Waals surface area contributed by atoms with Gasteiger partial charge in [-0.25, -0.2) is 0 Å². The Labute approximate surface area is 126 Å². The van der Waals surface area contributed by atoms with Gasteiger partial charge in [-0.1, -0.05) is 29.3 Å². The van der Waals surface area contributed by atoms with Crippen molar-refractivity contribution in [3.63, 3.8) is 0 Å². The van der Waals surface area contributed by atoms with Crippen LogP contribution in [0.15, 0.2) is 18.2 Å². The molecule has 2 heterocycles. The molecule has 3 rings (SSSR count). The van der Waals surface area contributed by atoms with Gasteiger partial charge in [0.1, 0.15) is 0 Å². The van der Waals surface area contributed by atoms with Crippen molar-refractivity contribution in [2.75, 3.05) is 32.6 Å². The standard InChI is InChI=1S/C14H17BCl2N2/c15-9-19-7-11-5-18(6-12(11)8-19)4-10-1-2-13(16)3-14(10)17/h1-3,11-12H,4-9H2. The molecular weight excluding hydrogens is 278 g/mol. The van der Waals surface area contributed by atoms with Gasteiger partial charge in [0.25, 0.3) is 0 Å². The van der Waals surface area contributed by atoms with Crippen molar-refractivity contribution in [3.8, 4) is 0 Å². The average molecular weight is 295 g/mol. The minimum Gasteiger partial charge on any atom is -0.311 e. The first kappa shape index (κ1) is 13.8. The Morgan fingerprint density at radius 2 is 1.68 bits per heavy atom. The Hall–Kier alpha value is -0.215. The summed E-state index contributed by atoms with van der Waals surface area (Å²) in [5, 5.41) is 1.47. The first-order valence-corrected chi connectivity index (χ1v) is 7.50. The summed E-state index contributed by atoms with van der Waals surface area (Å²) in [6.45, 7) is 5.52. The molecule has 0 N–H and O–H groups in total. The highest BCUT2D eigenvalue weighted by molar-refractivity contribution is 6.35. The van der Waals surface area contributed by atoms with Crippen molar-refractivity contribution in [2.45, 2.75) is 6.54 Å². The Bertz CT molecular complexity index is 455. The van der Waals surface area contributed by atoms with Crippen molar-refractivity contribution >= 4 is 31.0 Å². The van der Waals surface area contributed by atoms with E-state index >= 15 is 0 Å². The second-order valence-corrected chi connectivity index (χ2v) is 6.51. The molecule has 0 aromatic heterocycles. The number of nitrogens with zero attached hydrogens (tertiary/aromatic N) is 2. The maximum atomic E-state index is 6.24.